The van der Waals surface area contributed by atoms with Crippen LogP contribution in [0.2, 0.25) is 0 Å². The number of hydrogen-bond acceptors (Lipinski definition) is 3. The van der Waals surface area contributed by atoms with E-state index in [1.807, 2.05) is 78.9 Å². The van der Waals surface area contributed by atoms with Crippen LogP contribution in [0, 0.1) is 11.3 Å². The number of fused-ring (bicyclic) bond motifs is 4. The van der Waals surface area contributed by atoms with Gasteiger partial charge in [-0.1, -0.05) is 97.1 Å². The molecule has 0 N–H and O–H groups in total. The van der Waals surface area contributed by atoms with Crippen molar-refractivity contribution in [3.8, 4) is 39.4 Å². The van der Waals surface area contributed by atoms with Crippen molar-refractivity contribution in [2.45, 2.75) is 0 Å². The normalized spacial score (nSPS) is 11.5. The van der Waals surface area contributed by atoms with Gasteiger partial charge in [0.15, 0.2) is 0 Å². The molecule has 0 atom stereocenters. The summed E-state index contributed by atoms with van der Waals surface area (Å²) in [6.45, 7) is 0. The predicted octanol–water partition coefficient (Wildman–Crippen LogP) is 8.46. The van der Waals surface area contributed by atoms with Crippen LogP contribution < -0.4 is 5.56 Å². The van der Waals surface area contributed by atoms with E-state index in [9.17, 15) is 10.1 Å². The highest BCUT2D eigenvalue weighted by atomic mass is 16.1. The minimum Gasteiger partial charge on any atom is -0.268 e. The fourth-order valence-electron chi connectivity index (χ4n) is 6.09. The minimum absolute atomic E-state index is 0.0813. The van der Waals surface area contributed by atoms with Gasteiger partial charge in [0.05, 0.1) is 22.7 Å². The van der Waals surface area contributed by atoms with Gasteiger partial charge < -0.3 is 0 Å². The maximum absolute atomic E-state index is 14.3. The van der Waals surface area contributed by atoms with Crippen LogP contribution in [0.25, 0.3) is 71.6 Å². The largest absolute Gasteiger partial charge is 0.268 e. The summed E-state index contributed by atoms with van der Waals surface area (Å²) in [7, 11) is 0. The van der Waals surface area contributed by atoms with Crippen molar-refractivity contribution in [2.24, 2.45) is 0 Å². The van der Waals surface area contributed by atoms with E-state index in [-0.39, 0.29) is 5.56 Å². The van der Waals surface area contributed by atoms with Crippen LogP contribution in [0.4, 0.5) is 0 Å². The Labute approximate surface area is 235 Å². The molecule has 4 nitrogen and oxygen atoms in total. The molecule has 0 spiro atoms. The summed E-state index contributed by atoms with van der Waals surface area (Å²) in [5, 5.41) is 12.7. The summed E-state index contributed by atoms with van der Waals surface area (Å²) in [6.07, 6.45) is 0. The number of hydrogen-bond donors (Lipinski definition) is 0. The van der Waals surface area contributed by atoms with Crippen LogP contribution in [0.1, 0.15) is 5.56 Å². The maximum Gasteiger partial charge on any atom is 0.264 e. The van der Waals surface area contributed by atoms with Crippen LogP contribution in [0.15, 0.2) is 132 Å². The lowest BCUT2D eigenvalue weighted by Gasteiger charge is -2.13. The van der Waals surface area contributed by atoms with Crippen molar-refractivity contribution >= 4 is 38.2 Å². The molecule has 8 rings (SSSR count). The second-order valence-corrected chi connectivity index (χ2v) is 10.3. The zero-order valence-corrected chi connectivity index (χ0v) is 21.9. The lowest BCUT2D eigenvalue weighted by atomic mass is 9.93. The molecule has 0 bridgehead atoms. The van der Waals surface area contributed by atoms with Gasteiger partial charge in [0.25, 0.3) is 5.56 Å². The SMILES string of the molecule is N#Cc1ccc(-c2ccc3c(=O)n4c(nc5cc(-c6ccccc6)cc(-c6ccccc6)c54)c4cccc2c34)cc1. The van der Waals surface area contributed by atoms with E-state index in [0.29, 0.717) is 16.6 Å². The molecule has 8 aromatic rings. The van der Waals surface area contributed by atoms with Gasteiger partial charge >= 0.3 is 0 Å². The lowest BCUT2D eigenvalue weighted by Crippen LogP contribution is -2.13. The third-order valence-electron chi connectivity index (χ3n) is 7.98. The van der Waals surface area contributed by atoms with E-state index in [0.717, 1.165) is 60.6 Å². The maximum atomic E-state index is 14.3. The van der Waals surface area contributed by atoms with Crippen LogP contribution in [0.5, 0.6) is 0 Å². The number of nitriles is 1. The zero-order chi connectivity index (χ0) is 27.5. The van der Waals surface area contributed by atoms with Crippen molar-refractivity contribution in [1.29, 1.82) is 5.26 Å². The Morgan fingerprint density at radius 3 is 2.00 bits per heavy atom. The van der Waals surface area contributed by atoms with Gasteiger partial charge in [-0.3, -0.25) is 9.20 Å². The average molecular weight is 524 g/mol. The Bertz CT molecular complexity index is 2370. The Kier molecular flexibility index (Phi) is 5.01. The summed E-state index contributed by atoms with van der Waals surface area (Å²) < 4.78 is 1.80. The van der Waals surface area contributed by atoms with Gasteiger partial charge in [-0.05, 0) is 63.5 Å². The number of aromatic nitrogens is 2. The Morgan fingerprint density at radius 1 is 0.585 bits per heavy atom. The lowest BCUT2D eigenvalue weighted by molar-refractivity contribution is 1.19. The second kappa shape index (κ2) is 8.87. The fraction of sp³-hybridized carbons (Fsp3) is 0. The van der Waals surface area contributed by atoms with Crippen molar-refractivity contribution in [3.63, 3.8) is 0 Å². The van der Waals surface area contributed by atoms with Crippen LogP contribution >= 0.6 is 0 Å². The number of imidazole rings is 1. The Morgan fingerprint density at radius 2 is 1.27 bits per heavy atom. The molecule has 41 heavy (non-hydrogen) atoms. The number of nitrogens with zero attached hydrogens (tertiary/aromatic N) is 3. The average Bonchev–Trinajstić information content (AvgIpc) is 3.44. The molecular weight excluding hydrogens is 502 g/mol. The number of pyridine rings is 1. The Balaban J connectivity index is 1.50. The molecule has 0 unspecified atom stereocenters. The smallest absolute Gasteiger partial charge is 0.264 e. The number of benzene rings is 6. The third-order valence-corrected chi connectivity index (χ3v) is 7.98. The molecule has 0 saturated carbocycles. The quantitative estimate of drug-likeness (QED) is 0.233. The standard InChI is InChI=1S/C37H21N3O/c38-22-23-14-16-26(17-15-23)28-18-19-31-34-29(28)12-7-13-30(34)36-39-33-21-27(24-8-3-1-4-9-24)20-32(25-10-5-2-6-11-25)35(33)40(36)37(31)41/h1-21H. The molecule has 0 aliphatic heterocycles. The summed E-state index contributed by atoms with van der Waals surface area (Å²) in [6, 6.07) is 44.6. The van der Waals surface area contributed by atoms with Gasteiger partial charge in [0.2, 0.25) is 0 Å². The van der Waals surface area contributed by atoms with E-state index in [4.69, 9.17) is 4.98 Å². The highest BCUT2D eigenvalue weighted by molar-refractivity contribution is 6.19. The van der Waals surface area contributed by atoms with Crippen molar-refractivity contribution in [3.05, 3.63) is 143 Å². The van der Waals surface area contributed by atoms with E-state index >= 15 is 0 Å². The van der Waals surface area contributed by atoms with Crippen molar-refractivity contribution in [2.75, 3.05) is 0 Å². The molecule has 2 aromatic heterocycles. The first-order valence-corrected chi connectivity index (χ1v) is 13.5. The van der Waals surface area contributed by atoms with E-state index < -0.39 is 0 Å². The van der Waals surface area contributed by atoms with E-state index in [1.165, 1.54) is 0 Å². The minimum atomic E-state index is -0.0813. The van der Waals surface area contributed by atoms with E-state index in [1.54, 1.807) is 4.40 Å². The monoisotopic (exact) mass is 523 g/mol. The Hall–Kier alpha value is -5.79. The molecule has 0 fully saturated rings. The first-order chi connectivity index (χ1) is 20.2. The summed E-state index contributed by atoms with van der Waals surface area (Å²) >= 11 is 0. The molecule has 0 aliphatic carbocycles. The van der Waals surface area contributed by atoms with Crippen LogP contribution in [0.3, 0.4) is 0 Å². The molecule has 6 aromatic carbocycles. The number of rotatable bonds is 3. The molecule has 190 valence electrons. The first kappa shape index (κ1) is 23.1. The van der Waals surface area contributed by atoms with Gasteiger partial charge in [0.1, 0.15) is 5.65 Å². The van der Waals surface area contributed by atoms with Crippen molar-refractivity contribution < 1.29 is 0 Å². The van der Waals surface area contributed by atoms with Crippen LogP contribution in [-0.4, -0.2) is 9.38 Å². The summed E-state index contributed by atoms with van der Waals surface area (Å²) in [4.78, 5) is 19.5. The second-order valence-electron chi connectivity index (χ2n) is 10.3. The summed E-state index contributed by atoms with van der Waals surface area (Å²) in [5.74, 6) is 0. The first-order valence-electron chi connectivity index (χ1n) is 13.5. The molecule has 4 heteroatoms. The van der Waals surface area contributed by atoms with Gasteiger partial charge in [-0.15, -0.1) is 0 Å². The van der Waals surface area contributed by atoms with Gasteiger partial charge in [-0.25, -0.2) is 4.98 Å². The molecule has 0 amide bonds. The predicted molar refractivity (Wildman–Crippen MR) is 166 cm³/mol. The molecular formula is C37H21N3O. The van der Waals surface area contributed by atoms with Crippen LogP contribution in [-0.2, 0) is 0 Å². The molecule has 0 saturated heterocycles. The third kappa shape index (κ3) is 3.46. The topological polar surface area (TPSA) is 58.2 Å². The molecule has 2 heterocycles. The van der Waals surface area contributed by atoms with E-state index in [2.05, 4.69) is 54.6 Å². The zero-order valence-electron chi connectivity index (χ0n) is 21.9. The van der Waals surface area contributed by atoms with Crippen molar-refractivity contribution in [1.82, 2.24) is 9.38 Å². The molecule has 0 radical (unpaired) electrons. The fourth-order valence-corrected chi connectivity index (χ4v) is 6.09. The van der Waals surface area contributed by atoms with Gasteiger partial charge in [0, 0.05) is 21.7 Å². The highest BCUT2D eigenvalue weighted by Crippen LogP contribution is 2.39. The highest BCUT2D eigenvalue weighted by Gasteiger charge is 2.21. The summed E-state index contributed by atoms with van der Waals surface area (Å²) in [5.41, 5.74) is 8.96. The van der Waals surface area contributed by atoms with Gasteiger partial charge in [-0.2, -0.15) is 5.26 Å². The molecule has 0 aliphatic rings.